The molecule has 6 nitrogen and oxygen atoms in total. The van der Waals surface area contributed by atoms with Crippen LogP contribution in [0.3, 0.4) is 0 Å². The fourth-order valence-electron chi connectivity index (χ4n) is 2.20. The number of nitrogens with one attached hydrogen (secondary N) is 1. The summed E-state index contributed by atoms with van der Waals surface area (Å²) in [6, 6.07) is 4.50. The minimum Gasteiger partial charge on any atom is -0.469 e. The Balaban J connectivity index is 2.31. The molecule has 1 heterocycles. The number of ether oxygens (including phenoxy) is 1. The zero-order chi connectivity index (χ0) is 14.7. The Morgan fingerprint density at radius 1 is 1.55 bits per heavy atom. The second kappa shape index (κ2) is 5.73. The van der Waals surface area contributed by atoms with Gasteiger partial charge in [-0.2, -0.15) is 0 Å². The summed E-state index contributed by atoms with van der Waals surface area (Å²) in [5.41, 5.74) is 2.15. The van der Waals surface area contributed by atoms with Crippen molar-refractivity contribution < 1.29 is 19.1 Å². The standard InChI is InChI=1S/C14H16N2O4/c1-16-7-10-5-9(8-17)3-4-11(10)15-12(14(16)19)6-13(18)20-2/h3-5,8,12,15H,6-7H2,1-2H3. The van der Waals surface area contributed by atoms with Crippen molar-refractivity contribution in [1.82, 2.24) is 4.90 Å². The van der Waals surface area contributed by atoms with Gasteiger partial charge >= 0.3 is 5.97 Å². The van der Waals surface area contributed by atoms with Gasteiger partial charge in [0, 0.05) is 24.8 Å². The van der Waals surface area contributed by atoms with E-state index in [4.69, 9.17) is 0 Å². The van der Waals surface area contributed by atoms with Crippen LogP contribution in [0.5, 0.6) is 0 Å². The Morgan fingerprint density at radius 3 is 2.95 bits per heavy atom. The maximum absolute atomic E-state index is 12.2. The first-order valence-corrected chi connectivity index (χ1v) is 6.21. The van der Waals surface area contributed by atoms with Gasteiger partial charge in [0.2, 0.25) is 5.91 Å². The van der Waals surface area contributed by atoms with Gasteiger partial charge in [-0.25, -0.2) is 0 Å². The molecule has 20 heavy (non-hydrogen) atoms. The molecule has 1 N–H and O–H groups in total. The first kappa shape index (κ1) is 14.0. The summed E-state index contributed by atoms with van der Waals surface area (Å²) in [4.78, 5) is 35.9. The number of hydrogen-bond acceptors (Lipinski definition) is 5. The summed E-state index contributed by atoms with van der Waals surface area (Å²) in [5.74, 6) is -0.628. The number of hydrogen-bond donors (Lipinski definition) is 1. The third-order valence-corrected chi connectivity index (χ3v) is 3.28. The molecule has 0 saturated heterocycles. The van der Waals surface area contributed by atoms with Crippen LogP contribution in [-0.2, 0) is 20.9 Å². The van der Waals surface area contributed by atoms with E-state index in [0.29, 0.717) is 12.1 Å². The van der Waals surface area contributed by atoms with Gasteiger partial charge in [-0.15, -0.1) is 0 Å². The molecule has 0 aliphatic carbocycles. The Bertz CT molecular complexity index is 556. The number of aldehydes is 1. The molecular formula is C14H16N2O4. The van der Waals surface area contributed by atoms with E-state index in [1.165, 1.54) is 12.0 Å². The zero-order valence-electron chi connectivity index (χ0n) is 11.4. The van der Waals surface area contributed by atoms with E-state index in [0.717, 1.165) is 17.5 Å². The van der Waals surface area contributed by atoms with Crippen LogP contribution in [0.25, 0.3) is 0 Å². The lowest BCUT2D eigenvalue weighted by atomic mass is 10.1. The van der Waals surface area contributed by atoms with Crippen LogP contribution in [-0.4, -0.2) is 43.3 Å². The topological polar surface area (TPSA) is 75.7 Å². The number of nitrogens with zero attached hydrogens (tertiary/aromatic N) is 1. The number of rotatable bonds is 3. The normalized spacial score (nSPS) is 17.8. The van der Waals surface area contributed by atoms with E-state index in [-0.39, 0.29) is 12.3 Å². The Hall–Kier alpha value is -2.37. The molecule has 1 amide bonds. The van der Waals surface area contributed by atoms with Crippen LogP contribution in [0.1, 0.15) is 22.3 Å². The summed E-state index contributed by atoms with van der Waals surface area (Å²) in [7, 11) is 2.95. The molecule has 0 radical (unpaired) electrons. The molecule has 0 spiro atoms. The van der Waals surface area contributed by atoms with Gasteiger partial charge in [0.25, 0.3) is 0 Å². The SMILES string of the molecule is COC(=O)CC1Nc2ccc(C=O)cc2CN(C)C1=O. The monoisotopic (exact) mass is 276 g/mol. The molecule has 0 fully saturated rings. The molecule has 1 aliphatic rings. The molecule has 0 saturated carbocycles. The number of fused-ring (bicyclic) bond motifs is 1. The number of carbonyl (C=O) groups is 3. The Labute approximate surface area is 116 Å². The summed E-state index contributed by atoms with van der Waals surface area (Å²) >= 11 is 0. The van der Waals surface area contributed by atoms with Gasteiger partial charge in [0.1, 0.15) is 12.3 Å². The molecule has 1 unspecified atom stereocenters. The lowest BCUT2D eigenvalue weighted by Crippen LogP contribution is -2.39. The van der Waals surface area contributed by atoms with Gasteiger partial charge in [-0.3, -0.25) is 14.4 Å². The van der Waals surface area contributed by atoms with Crippen molar-refractivity contribution in [3.05, 3.63) is 29.3 Å². The predicted octanol–water partition coefficient (Wildman–Crippen LogP) is 0.815. The Kier molecular flexibility index (Phi) is 4.02. The highest BCUT2D eigenvalue weighted by Gasteiger charge is 2.29. The minimum absolute atomic E-state index is 0.0332. The van der Waals surface area contributed by atoms with E-state index in [1.807, 2.05) is 0 Å². The van der Waals surface area contributed by atoms with Crippen molar-refractivity contribution in [3.63, 3.8) is 0 Å². The summed E-state index contributed by atoms with van der Waals surface area (Å²) in [6.45, 7) is 0.389. The van der Waals surface area contributed by atoms with Crippen LogP contribution in [0.2, 0.25) is 0 Å². The van der Waals surface area contributed by atoms with Gasteiger partial charge in [-0.1, -0.05) is 0 Å². The van der Waals surface area contributed by atoms with Crippen LogP contribution >= 0.6 is 0 Å². The highest BCUT2D eigenvalue weighted by molar-refractivity contribution is 5.90. The molecule has 0 bridgehead atoms. The number of benzene rings is 1. The maximum atomic E-state index is 12.2. The first-order chi connectivity index (χ1) is 9.55. The van der Waals surface area contributed by atoms with E-state index < -0.39 is 12.0 Å². The van der Waals surface area contributed by atoms with Gasteiger partial charge < -0.3 is 15.0 Å². The van der Waals surface area contributed by atoms with Gasteiger partial charge in [0.15, 0.2) is 0 Å². The second-order valence-electron chi connectivity index (χ2n) is 4.71. The van der Waals surface area contributed by atoms with Crippen molar-refractivity contribution in [2.45, 2.75) is 19.0 Å². The van der Waals surface area contributed by atoms with Crippen molar-refractivity contribution in [3.8, 4) is 0 Å². The molecular weight excluding hydrogens is 260 g/mol. The average molecular weight is 276 g/mol. The molecule has 2 rings (SSSR count). The third-order valence-electron chi connectivity index (χ3n) is 3.28. The molecule has 1 atom stereocenters. The smallest absolute Gasteiger partial charge is 0.308 e. The number of anilines is 1. The minimum atomic E-state index is -0.657. The molecule has 1 aliphatic heterocycles. The van der Waals surface area contributed by atoms with E-state index in [1.54, 1.807) is 25.2 Å². The molecule has 1 aromatic rings. The molecule has 0 aromatic heterocycles. The van der Waals surface area contributed by atoms with E-state index in [2.05, 4.69) is 10.1 Å². The summed E-state index contributed by atoms with van der Waals surface area (Å²) in [5, 5.41) is 3.05. The van der Waals surface area contributed by atoms with Crippen LogP contribution < -0.4 is 5.32 Å². The summed E-state index contributed by atoms with van der Waals surface area (Å²) < 4.78 is 4.61. The zero-order valence-corrected chi connectivity index (χ0v) is 11.4. The van der Waals surface area contributed by atoms with Crippen molar-refractivity contribution in [1.29, 1.82) is 0 Å². The van der Waals surface area contributed by atoms with E-state index in [9.17, 15) is 14.4 Å². The molecule has 1 aromatic carbocycles. The Morgan fingerprint density at radius 2 is 2.30 bits per heavy atom. The number of methoxy groups -OCH3 is 1. The highest BCUT2D eigenvalue weighted by atomic mass is 16.5. The molecule has 106 valence electrons. The van der Waals surface area contributed by atoms with Crippen molar-refractivity contribution in [2.75, 3.05) is 19.5 Å². The second-order valence-corrected chi connectivity index (χ2v) is 4.71. The lowest BCUT2D eigenvalue weighted by Gasteiger charge is -2.19. The first-order valence-electron chi connectivity index (χ1n) is 6.21. The van der Waals surface area contributed by atoms with Crippen LogP contribution in [0.4, 0.5) is 5.69 Å². The fraction of sp³-hybridized carbons (Fsp3) is 0.357. The fourth-order valence-corrected chi connectivity index (χ4v) is 2.20. The van der Waals surface area contributed by atoms with Crippen LogP contribution in [0, 0.1) is 0 Å². The molecule has 6 heteroatoms. The predicted molar refractivity (Wildman–Crippen MR) is 72.3 cm³/mol. The maximum Gasteiger partial charge on any atom is 0.308 e. The van der Waals surface area contributed by atoms with Crippen LogP contribution in [0.15, 0.2) is 18.2 Å². The summed E-state index contributed by atoms with van der Waals surface area (Å²) in [6.07, 6.45) is 0.730. The van der Waals surface area contributed by atoms with E-state index >= 15 is 0 Å². The number of amides is 1. The lowest BCUT2D eigenvalue weighted by molar-refractivity contribution is -0.143. The largest absolute Gasteiger partial charge is 0.469 e. The van der Waals surface area contributed by atoms with Crippen molar-refractivity contribution >= 4 is 23.9 Å². The quantitative estimate of drug-likeness (QED) is 0.653. The third kappa shape index (κ3) is 2.79. The number of esters is 1. The average Bonchev–Trinajstić information content (AvgIpc) is 2.57. The van der Waals surface area contributed by atoms with Gasteiger partial charge in [-0.05, 0) is 23.8 Å². The van der Waals surface area contributed by atoms with Crippen molar-refractivity contribution in [2.24, 2.45) is 0 Å². The number of carbonyl (C=O) groups excluding carboxylic acids is 3. The van der Waals surface area contributed by atoms with Gasteiger partial charge in [0.05, 0.1) is 13.5 Å². The highest BCUT2D eigenvalue weighted by Crippen LogP contribution is 2.24. The number of likely N-dealkylation sites (N-methyl/N-ethyl adjacent to an activating group) is 1.